The van der Waals surface area contributed by atoms with Crippen molar-refractivity contribution in [3.63, 3.8) is 0 Å². The van der Waals surface area contributed by atoms with Crippen LogP contribution in [0.2, 0.25) is 0 Å². The summed E-state index contributed by atoms with van der Waals surface area (Å²) >= 11 is 1.80. The van der Waals surface area contributed by atoms with E-state index in [1.165, 1.54) is 54.5 Å². The molecule has 1 saturated heterocycles. The molecule has 0 radical (unpaired) electrons. The molecule has 0 unspecified atom stereocenters. The van der Waals surface area contributed by atoms with Crippen LogP contribution in [0.25, 0.3) is 11.0 Å². The molecule has 1 fully saturated rings. The van der Waals surface area contributed by atoms with E-state index in [1.807, 2.05) is 0 Å². The zero-order chi connectivity index (χ0) is 17.1. The molecule has 4 rings (SSSR count). The molecule has 3 nitrogen and oxygen atoms in total. The zero-order valence-corrected chi connectivity index (χ0v) is 15.6. The lowest BCUT2D eigenvalue weighted by atomic mass is 9.96. The van der Waals surface area contributed by atoms with Gasteiger partial charge in [0, 0.05) is 15.7 Å². The normalized spacial score (nSPS) is 16.5. The number of likely N-dealkylation sites (tertiary alicyclic amines) is 1. The highest BCUT2D eigenvalue weighted by atomic mass is 32.2. The number of benzene rings is 2. The third-order valence-corrected chi connectivity index (χ3v) is 5.96. The fourth-order valence-corrected chi connectivity index (χ4v) is 4.51. The van der Waals surface area contributed by atoms with Crippen molar-refractivity contribution in [3.8, 4) is 0 Å². The standard InChI is InChI=1S/C21H25N3S/c1-2-12-24-13-10-16(11-14-24)21-22-19-9-8-18(15-20(19)23-21)25-17-6-4-3-5-7-17/h3-9,15-16H,2,10-14H2,1H3,(H,22,23). The van der Waals surface area contributed by atoms with Crippen LogP contribution in [-0.2, 0) is 0 Å². The highest BCUT2D eigenvalue weighted by Crippen LogP contribution is 2.31. The number of rotatable bonds is 5. The number of hydrogen-bond acceptors (Lipinski definition) is 3. The monoisotopic (exact) mass is 351 g/mol. The lowest BCUT2D eigenvalue weighted by Crippen LogP contribution is -2.33. The van der Waals surface area contributed by atoms with Crippen LogP contribution in [-0.4, -0.2) is 34.5 Å². The average molecular weight is 352 g/mol. The highest BCUT2D eigenvalue weighted by Gasteiger charge is 2.22. The Morgan fingerprint density at radius 3 is 2.64 bits per heavy atom. The Bertz CT molecular complexity index is 820. The van der Waals surface area contributed by atoms with Crippen LogP contribution in [0.3, 0.4) is 0 Å². The second-order valence-electron chi connectivity index (χ2n) is 6.83. The summed E-state index contributed by atoms with van der Waals surface area (Å²) in [5.41, 5.74) is 2.25. The molecule has 2 heterocycles. The topological polar surface area (TPSA) is 31.9 Å². The Labute approximate surface area is 153 Å². The summed E-state index contributed by atoms with van der Waals surface area (Å²) in [6.45, 7) is 5.89. The van der Waals surface area contributed by atoms with Crippen molar-refractivity contribution < 1.29 is 0 Å². The quantitative estimate of drug-likeness (QED) is 0.676. The summed E-state index contributed by atoms with van der Waals surface area (Å²) in [5.74, 6) is 1.75. The van der Waals surface area contributed by atoms with E-state index >= 15 is 0 Å². The molecular weight excluding hydrogens is 326 g/mol. The minimum Gasteiger partial charge on any atom is -0.342 e. The minimum atomic E-state index is 0.575. The summed E-state index contributed by atoms with van der Waals surface area (Å²) in [5, 5.41) is 0. The number of nitrogens with zero attached hydrogens (tertiary/aromatic N) is 2. The second-order valence-corrected chi connectivity index (χ2v) is 7.98. The van der Waals surface area contributed by atoms with Crippen molar-refractivity contribution >= 4 is 22.8 Å². The molecule has 0 amide bonds. The van der Waals surface area contributed by atoms with Crippen molar-refractivity contribution in [2.75, 3.05) is 19.6 Å². The largest absolute Gasteiger partial charge is 0.342 e. The van der Waals surface area contributed by atoms with Gasteiger partial charge in [-0.3, -0.25) is 0 Å². The summed E-state index contributed by atoms with van der Waals surface area (Å²) in [6.07, 6.45) is 3.67. The molecule has 0 spiro atoms. The van der Waals surface area contributed by atoms with Crippen molar-refractivity contribution in [3.05, 3.63) is 54.4 Å². The van der Waals surface area contributed by atoms with Crippen LogP contribution >= 0.6 is 11.8 Å². The van der Waals surface area contributed by atoms with Gasteiger partial charge >= 0.3 is 0 Å². The molecule has 1 N–H and O–H groups in total. The molecule has 2 aromatic carbocycles. The predicted molar refractivity (Wildman–Crippen MR) is 105 cm³/mol. The fraction of sp³-hybridized carbons (Fsp3) is 0.381. The van der Waals surface area contributed by atoms with Gasteiger partial charge in [-0.2, -0.15) is 0 Å². The summed E-state index contributed by atoms with van der Waals surface area (Å²) in [4.78, 5) is 13.6. The minimum absolute atomic E-state index is 0.575. The number of hydrogen-bond donors (Lipinski definition) is 1. The van der Waals surface area contributed by atoms with Crippen molar-refractivity contribution in [1.82, 2.24) is 14.9 Å². The second kappa shape index (κ2) is 7.63. The first-order chi connectivity index (χ1) is 12.3. The van der Waals surface area contributed by atoms with E-state index in [1.54, 1.807) is 11.8 Å². The van der Waals surface area contributed by atoms with E-state index in [0.29, 0.717) is 5.92 Å². The Hall–Kier alpha value is -1.78. The van der Waals surface area contributed by atoms with Gasteiger partial charge in [0.2, 0.25) is 0 Å². The molecule has 1 aromatic heterocycles. The predicted octanol–water partition coefficient (Wildman–Crippen LogP) is 5.30. The number of aromatic nitrogens is 2. The van der Waals surface area contributed by atoms with Gasteiger partial charge in [0.1, 0.15) is 5.82 Å². The van der Waals surface area contributed by atoms with E-state index in [0.717, 1.165) is 11.0 Å². The molecule has 0 aliphatic carbocycles. The molecule has 25 heavy (non-hydrogen) atoms. The molecule has 0 saturated carbocycles. The van der Waals surface area contributed by atoms with Crippen molar-refractivity contribution in [2.24, 2.45) is 0 Å². The number of fused-ring (bicyclic) bond motifs is 1. The lowest BCUT2D eigenvalue weighted by Gasteiger charge is -2.30. The van der Waals surface area contributed by atoms with Gasteiger partial charge in [0.15, 0.2) is 0 Å². The van der Waals surface area contributed by atoms with E-state index in [-0.39, 0.29) is 0 Å². The first kappa shape index (κ1) is 16.7. The van der Waals surface area contributed by atoms with E-state index in [4.69, 9.17) is 4.98 Å². The van der Waals surface area contributed by atoms with Gasteiger partial charge in [-0.1, -0.05) is 36.9 Å². The Morgan fingerprint density at radius 2 is 1.88 bits per heavy atom. The Kier molecular flexibility index (Phi) is 5.09. The van der Waals surface area contributed by atoms with Crippen LogP contribution in [0.15, 0.2) is 58.3 Å². The number of imidazole rings is 1. The number of H-pyrrole nitrogens is 1. The van der Waals surface area contributed by atoms with Gasteiger partial charge in [-0.15, -0.1) is 0 Å². The Morgan fingerprint density at radius 1 is 1.08 bits per heavy atom. The van der Waals surface area contributed by atoms with E-state index < -0.39 is 0 Å². The Balaban J connectivity index is 1.49. The number of aromatic amines is 1. The maximum Gasteiger partial charge on any atom is 0.110 e. The third-order valence-electron chi connectivity index (χ3n) is 4.96. The van der Waals surface area contributed by atoms with E-state index in [9.17, 15) is 0 Å². The van der Waals surface area contributed by atoms with Gasteiger partial charge < -0.3 is 9.88 Å². The molecule has 0 bridgehead atoms. The van der Waals surface area contributed by atoms with Gasteiger partial charge in [0.05, 0.1) is 11.0 Å². The summed E-state index contributed by atoms with van der Waals surface area (Å²) in [7, 11) is 0. The number of piperidine rings is 1. The van der Waals surface area contributed by atoms with Crippen LogP contribution in [0.5, 0.6) is 0 Å². The van der Waals surface area contributed by atoms with Crippen LogP contribution in [0.4, 0.5) is 0 Å². The lowest BCUT2D eigenvalue weighted by molar-refractivity contribution is 0.210. The molecular formula is C21H25N3S. The average Bonchev–Trinajstić information content (AvgIpc) is 3.07. The van der Waals surface area contributed by atoms with Gasteiger partial charge in [0.25, 0.3) is 0 Å². The maximum atomic E-state index is 4.87. The molecule has 4 heteroatoms. The third kappa shape index (κ3) is 3.91. The maximum absolute atomic E-state index is 4.87. The molecule has 3 aromatic rings. The van der Waals surface area contributed by atoms with Crippen LogP contribution in [0, 0.1) is 0 Å². The molecule has 130 valence electrons. The summed E-state index contributed by atoms with van der Waals surface area (Å²) in [6, 6.07) is 17.1. The van der Waals surface area contributed by atoms with E-state index in [2.05, 4.69) is 65.3 Å². The smallest absolute Gasteiger partial charge is 0.110 e. The molecule has 0 atom stereocenters. The summed E-state index contributed by atoms with van der Waals surface area (Å²) < 4.78 is 0. The number of nitrogens with one attached hydrogen (secondary N) is 1. The zero-order valence-electron chi connectivity index (χ0n) is 14.7. The van der Waals surface area contributed by atoms with Gasteiger partial charge in [-0.25, -0.2) is 4.98 Å². The van der Waals surface area contributed by atoms with Crippen molar-refractivity contribution in [1.29, 1.82) is 0 Å². The highest BCUT2D eigenvalue weighted by molar-refractivity contribution is 7.99. The molecule has 1 aliphatic heterocycles. The SMILES string of the molecule is CCCN1CCC(c2nc3ccc(Sc4ccccc4)cc3[nH]2)CC1. The van der Waals surface area contributed by atoms with Crippen molar-refractivity contribution in [2.45, 2.75) is 41.9 Å². The van der Waals surface area contributed by atoms with Crippen LogP contribution < -0.4 is 0 Å². The van der Waals surface area contributed by atoms with Gasteiger partial charge in [-0.05, 0) is 69.2 Å². The first-order valence-corrected chi connectivity index (χ1v) is 10.1. The molecule has 1 aliphatic rings. The van der Waals surface area contributed by atoms with Crippen LogP contribution in [0.1, 0.15) is 37.9 Å². The first-order valence-electron chi connectivity index (χ1n) is 9.27. The fourth-order valence-electron chi connectivity index (χ4n) is 3.64.